The Morgan fingerprint density at radius 3 is 2.75 bits per heavy atom. The van der Waals surface area contributed by atoms with Crippen LogP contribution in [0.3, 0.4) is 0 Å². The quantitative estimate of drug-likeness (QED) is 0.760. The van der Waals surface area contributed by atoms with Crippen molar-refractivity contribution in [1.29, 1.82) is 0 Å². The average Bonchev–Trinajstić information content (AvgIpc) is 2.42. The Hall–Kier alpha value is -1.10. The van der Waals surface area contributed by atoms with Crippen LogP contribution >= 0.6 is 27.5 Å². The molecule has 5 heteroatoms. The van der Waals surface area contributed by atoms with Crippen molar-refractivity contribution in [1.82, 2.24) is 5.32 Å². The lowest BCUT2D eigenvalue weighted by Crippen LogP contribution is -2.16. The lowest BCUT2D eigenvalue weighted by Gasteiger charge is -2.09. The molecule has 0 spiro atoms. The van der Waals surface area contributed by atoms with Crippen LogP contribution in [0.5, 0.6) is 0 Å². The van der Waals surface area contributed by atoms with E-state index >= 15 is 0 Å². The van der Waals surface area contributed by atoms with Crippen LogP contribution in [0.2, 0.25) is 5.02 Å². The van der Waals surface area contributed by atoms with Crippen LogP contribution in [0.1, 0.15) is 5.56 Å². The van der Waals surface area contributed by atoms with Gasteiger partial charge in [0.25, 0.3) is 0 Å². The van der Waals surface area contributed by atoms with Crippen LogP contribution in [-0.2, 0) is 6.54 Å². The summed E-state index contributed by atoms with van der Waals surface area (Å²) in [4.78, 5) is 0. The molecular weight excluding hydrogens is 343 g/mol. The summed E-state index contributed by atoms with van der Waals surface area (Å²) < 4.78 is 13.9. The normalized spacial score (nSPS) is 10.6. The van der Waals surface area contributed by atoms with Gasteiger partial charge in [0.2, 0.25) is 0 Å². The maximum absolute atomic E-state index is 12.9. The van der Waals surface area contributed by atoms with Gasteiger partial charge in [-0.1, -0.05) is 29.8 Å². The fraction of sp³-hybridized carbons (Fsp3) is 0.200. The Bertz CT molecular complexity index is 578. The van der Waals surface area contributed by atoms with Crippen molar-refractivity contribution < 1.29 is 4.39 Å². The highest BCUT2D eigenvalue weighted by molar-refractivity contribution is 9.10. The van der Waals surface area contributed by atoms with E-state index in [9.17, 15) is 4.39 Å². The fourth-order valence-electron chi connectivity index (χ4n) is 1.72. The zero-order valence-corrected chi connectivity index (χ0v) is 13.1. The Kier molecular flexibility index (Phi) is 5.83. The molecule has 1 N–H and O–H groups in total. The van der Waals surface area contributed by atoms with E-state index in [1.165, 1.54) is 12.1 Å². The summed E-state index contributed by atoms with van der Waals surface area (Å²) in [5.41, 5.74) is 1.89. The Balaban J connectivity index is 1.73. The molecule has 20 heavy (non-hydrogen) atoms. The van der Waals surface area contributed by atoms with E-state index in [-0.39, 0.29) is 5.82 Å². The Labute approximate surface area is 131 Å². The van der Waals surface area contributed by atoms with Crippen LogP contribution in [0.15, 0.2) is 46.9 Å². The lowest BCUT2D eigenvalue weighted by atomic mass is 10.2. The summed E-state index contributed by atoms with van der Waals surface area (Å²) >= 11 is 9.41. The zero-order chi connectivity index (χ0) is 14.4. The summed E-state index contributed by atoms with van der Waals surface area (Å²) in [6, 6.07) is 12.3. The maximum Gasteiger partial charge on any atom is 0.124 e. The minimum absolute atomic E-state index is 0.325. The third-order valence-electron chi connectivity index (χ3n) is 2.76. The number of nitrogens with zero attached hydrogens (tertiary/aromatic N) is 1. The lowest BCUT2D eigenvalue weighted by molar-refractivity contribution is 0.625. The summed E-state index contributed by atoms with van der Waals surface area (Å²) in [5.74, 6) is -0.325. The minimum atomic E-state index is -0.325. The first-order chi connectivity index (χ1) is 9.66. The molecule has 2 aromatic rings. The van der Waals surface area contributed by atoms with Crippen LogP contribution in [0, 0.1) is 5.82 Å². The molecule has 0 aliphatic carbocycles. The smallest absolute Gasteiger partial charge is 0.124 e. The second-order valence-electron chi connectivity index (χ2n) is 4.25. The molecule has 0 fully saturated rings. The van der Waals surface area contributed by atoms with E-state index in [0.717, 1.165) is 22.3 Å². The van der Waals surface area contributed by atoms with Crippen molar-refractivity contribution in [2.24, 2.45) is 0 Å². The topological polar surface area (TPSA) is 26.1 Å². The van der Waals surface area contributed by atoms with Gasteiger partial charge < -0.3 is 5.32 Å². The molecule has 0 amide bonds. The summed E-state index contributed by atoms with van der Waals surface area (Å²) in [7, 11) is 0. The van der Waals surface area contributed by atoms with Crippen LogP contribution in [0.25, 0.3) is 0 Å². The number of hydrogen-bond acceptors (Lipinski definition) is 1. The molecule has 1 radical (unpaired) electrons. The number of nitrogens with one attached hydrogen (secondary N) is 1. The van der Waals surface area contributed by atoms with E-state index in [2.05, 4.69) is 26.6 Å². The first-order valence-corrected chi connectivity index (χ1v) is 7.39. The largest absolute Gasteiger partial charge is 0.383 e. The summed E-state index contributed by atoms with van der Waals surface area (Å²) in [6.45, 7) is 1.90. The predicted molar refractivity (Wildman–Crippen MR) is 84.7 cm³/mol. The van der Waals surface area contributed by atoms with Gasteiger partial charge in [0.15, 0.2) is 0 Å². The van der Waals surface area contributed by atoms with Crippen molar-refractivity contribution in [3.63, 3.8) is 0 Å². The van der Waals surface area contributed by atoms with Gasteiger partial charge >= 0.3 is 0 Å². The Morgan fingerprint density at radius 1 is 1.20 bits per heavy atom. The summed E-state index contributed by atoms with van der Waals surface area (Å²) in [6.07, 6.45) is 0. The molecule has 0 bridgehead atoms. The predicted octanol–water partition coefficient (Wildman–Crippen LogP) is 4.46. The number of benzene rings is 2. The highest BCUT2D eigenvalue weighted by Crippen LogP contribution is 2.20. The molecule has 0 unspecified atom stereocenters. The second-order valence-corrected chi connectivity index (χ2v) is 5.51. The first-order valence-electron chi connectivity index (χ1n) is 6.22. The third-order valence-corrected chi connectivity index (χ3v) is 3.80. The highest BCUT2D eigenvalue weighted by atomic mass is 79.9. The van der Waals surface area contributed by atoms with Crippen molar-refractivity contribution >= 4 is 33.2 Å². The fourth-order valence-corrected chi connectivity index (χ4v) is 2.38. The molecule has 0 aliphatic heterocycles. The van der Waals surface area contributed by atoms with Gasteiger partial charge in [0.05, 0.1) is 0 Å². The molecule has 0 aromatic heterocycles. The number of anilines is 1. The molecule has 2 nitrogen and oxygen atoms in total. The molecule has 0 saturated heterocycles. The van der Waals surface area contributed by atoms with E-state index in [0.29, 0.717) is 18.1 Å². The molecule has 0 heterocycles. The van der Waals surface area contributed by atoms with E-state index in [1.54, 1.807) is 6.07 Å². The monoisotopic (exact) mass is 355 g/mol. The average molecular weight is 357 g/mol. The number of halogens is 3. The molecular formula is C15H14BrClFN2. The first kappa shape index (κ1) is 15.3. The van der Waals surface area contributed by atoms with Gasteiger partial charge in [-0.3, -0.25) is 0 Å². The third kappa shape index (κ3) is 4.47. The van der Waals surface area contributed by atoms with Crippen LogP contribution in [-0.4, -0.2) is 13.1 Å². The van der Waals surface area contributed by atoms with Gasteiger partial charge in [0.1, 0.15) is 5.82 Å². The molecule has 0 aliphatic rings. The standard InChI is InChI=1S/C15H14BrClFN2/c16-13-3-1-2-4-15(13)20-8-7-19-10-11-5-6-12(18)9-14(11)17/h1-6,9,20H,7-8,10H2. The molecule has 0 saturated carbocycles. The Morgan fingerprint density at radius 2 is 2.00 bits per heavy atom. The summed E-state index contributed by atoms with van der Waals surface area (Å²) in [5, 5.41) is 8.11. The number of para-hydroxylation sites is 1. The molecule has 0 atom stereocenters. The van der Waals surface area contributed by atoms with Crippen molar-refractivity contribution in [2.45, 2.75) is 6.54 Å². The van der Waals surface area contributed by atoms with E-state index < -0.39 is 0 Å². The number of rotatable bonds is 6. The van der Waals surface area contributed by atoms with Crippen molar-refractivity contribution in [3.8, 4) is 0 Å². The molecule has 2 aromatic carbocycles. The van der Waals surface area contributed by atoms with Gasteiger partial charge in [-0.2, -0.15) is 0 Å². The molecule has 105 valence electrons. The zero-order valence-electron chi connectivity index (χ0n) is 10.7. The van der Waals surface area contributed by atoms with Gasteiger partial charge in [-0.15, -0.1) is 0 Å². The number of hydrogen-bond donors (Lipinski definition) is 1. The van der Waals surface area contributed by atoms with Gasteiger partial charge in [0, 0.05) is 34.8 Å². The molecule has 2 rings (SSSR count). The van der Waals surface area contributed by atoms with E-state index in [4.69, 9.17) is 11.6 Å². The van der Waals surface area contributed by atoms with Crippen LogP contribution in [0.4, 0.5) is 10.1 Å². The minimum Gasteiger partial charge on any atom is -0.383 e. The van der Waals surface area contributed by atoms with Gasteiger partial charge in [-0.25, -0.2) is 9.71 Å². The SMILES string of the molecule is Fc1ccc(C[N]CCNc2ccccc2Br)c(Cl)c1. The highest BCUT2D eigenvalue weighted by Gasteiger charge is 2.02. The van der Waals surface area contributed by atoms with E-state index in [1.807, 2.05) is 24.3 Å². The second kappa shape index (κ2) is 7.62. The van der Waals surface area contributed by atoms with Gasteiger partial charge in [-0.05, 0) is 45.8 Å². The van der Waals surface area contributed by atoms with Crippen LogP contribution < -0.4 is 10.6 Å². The maximum atomic E-state index is 12.9. The van der Waals surface area contributed by atoms with Crippen molar-refractivity contribution in [3.05, 3.63) is 63.3 Å². The van der Waals surface area contributed by atoms with Crippen molar-refractivity contribution in [2.75, 3.05) is 18.4 Å².